The van der Waals surface area contributed by atoms with Gasteiger partial charge in [0.2, 0.25) is 18.0 Å². The van der Waals surface area contributed by atoms with Crippen LogP contribution in [-0.4, -0.2) is 64.9 Å². The maximum absolute atomic E-state index is 10.4. The zero-order valence-corrected chi connectivity index (χ0v) is 15.6. The molecule has 2 aromatic heterocycles. The van der Waals surface area contributed by atoms with Gasteiger partial charge in [-0.25, -0.2) is 14.8 Å². The lowest BCUT2D eigenvalue weighted by molar-refractivity contribution is -0.248. The first-order chi connectivity index (χ1) is 13.0. The molecule has 2 fully saturated rings. The maximum atomic E-state index is 10.4. The van der Waals surface area contributed by atoms with Crippen LogP contribution in [0.25, 0.3) is 11.2 Å². The van der Waals surface area contributed by atoms with Crippen LogP contribution >= 0.6 is 11.6 Å². The SMILES string of the molecule is CC1(C)OCCO1.O=CNc1nc(Cl)c2ncn(OCC3COOC3)c2n1. The number of aromatic nitrogens is 4. The number of hydrogen-bond donors (Lipinski definition) is 1. The van der Waals surface area contributed by atoms with Crippen LogP contribution in [0, 0.1) is 5.92 Å². The van der Waals surface area contributed by atoms with Gasteiger partial charge < -0.3 is 14.3 Å². The minimum absolute atomic E-state index is 0.0791. The van der Waals surface area contributed by atoms with Gasteiger partial charge in [0.1, 0.15) is 18.5 Å². The molecule has 0 aliphatic carbocycles. The second kappa shape index (κ2) is 8.76. The van der Waals surface area contributed by atoms with Crippen molar-refractivity contribution < 1.29 is 28.9 Å². The number of ether oxygens (including phenoxy) is 2. The van der Waals surface area contributed by atoms with E-state index in [2.05, 4.69) is 20.3 Å². The van der Waals surface area contributed by atoms with Crippen molar-refractivity contribution in [1.29, 1.82) is 0 Å². The average molecular weight is 402 g/mol. The molecule has 2 aromatic rings. The zero-order chi connectivity index (χ0) is 19.3. The predicted octanol–water partition coefficient (Wildman–Crippen LogP) is 0.824. The van der Waals surface area contributed by atoms with Gasteiger partial charge in [-0.2, -0.15) is 14.7 Å². The van der Waals surface area contributed by atoms with Gasteiger partial charge in [0.25, 0.3) is 0 Å². The summed E-state index contributed by atoms with van der Waals surface area (Å²) in [7, 11) is 0. The van der Waals surface area contributed by atoms with Gasteiger partial charge in [0.05, 0.1) is 26.4 Å². The Morgan fingerprint density at radius 3 is 2.63 bits per heavy atom. The minimum atomic E-state index is -0.306. The van der Waals surface area contributed by atoms with Crippen LogP contribution in [0.15, 0.2) is 6.33 Å². The molecule has 4 heterocycles. The molecule has 0 unspecified atom stereocenters. The Labute approximate surface area is 159 Å². The first kappa shape index (κ1) is 19.7. The lowest BCUT2D eigenvalue weighted by Gasteiger charge is -2.13. The monoisotopic (exact) mass is 401 g/mol. The minimum Gasteiger partial charge on any atom is -0.410 e. The van der Waals surface area contributed by atoms with E-state index in [1.54, 1.807) is 0 Å². The highest BCUT2D eigenvalue weighted by atomic mass is 35.5. The van der Waals surface area contributed by atoms with Gasteiger partial charge >= 0.3 is 0 Å². The molecular formula is C15H20ClN5O6. The molecule has 2 aliphatic rings. The number of anilines is 1. The number of fused-ring (bicyclic) bond motifs is 1. The summed E-state index contributed by atoms with van der Waals surface area (Å²) in [6.45, 7) is 6.64. The number of carbonyl (C=O) groups excluding carboxylic acids is 1. The zero-order valence-electron chi connectivity index (χ0n) is 14.9. The van der Waals surface area contributed by atoms with Gasteiger partial charge in [-0.15, -0.1) is 0 Å². The highest BCUT2D eigenvalue weighted by Crippen LogP contribution is 2.20. The van der Waals surface area contributed by atoms with Crippen molar-refractivity contribution in [3.63, 3.8) is 0 Å². The molecule has 4 rings (SSSR count). The summed E-state index contributed by atoms with van der Waals surface area (Å²) >= 11 is 5.96. The number of rotatable bonds is 5. The Balaban J connectivity index is 0.000000253. The van der Waals surface area contributed by atoms with Crippen LogP contribution in [0.5, 0.6) is 0 Å². The van der Waals surface area contributed by atoms with E-state index in [1.165, 1.54) is 11.1 Å². The third kappa shape index (κ3) is 5.23. The summed E-state index contributed by atoms with van der Waals surface area (Å²) in [6, 6.07) is 0. The molecule has 1 amide bonds. The predicted molar refractivity (Wildman–Crippen MR) is 92.8 cm³/mol. The molecule has 2 aliphatic heterocycles. The summed E-state index contributed by atoms with van der Waals surface area (Å²) in [6.07, 6.45) is 1.90. The van der Waals surface area contributed by atoms with E-state index < -0.39 is 0 Å². The average Bonchev–Trinajstić information content (AvgIpc) is 3.35. The molecule has 0 saturated carbocycles. The van der Waals surface area contributed by atoms with Crippen molar-refractivity contribution in [3.05, 3.63) is 11.5 Å². The first-order valence-corrected chi connectivity index (χ1v) is 8.62. The van der Waals surface area contributed by atoms with Crippen LogP contribution in [0.4, 0.5) is 5.95 Å². The largest absolute Gasteiger partial charge is 0.410 e. The fraction of sp³-hybridized carbons (Fsp3) is 0.600. The van der Waals surface area contributed by atoms with Gasteiger partial charge in [0.15, 0.2) is 10.9 Å². The number of carbonyl (C=O) groups is 1. The van der Waals surface area contributed by atoms with Crippen molar-refractivity contribution in [1.82, 2.24) is 19.7 Å². The van der Waals surface area contributed by atoms with Crippen LogP contribution in [0.2, 0.25) is 5.15 Å². The molecule has 0 atom stereocenters. The Kier molecular flexibility index (Phi) is 6.39. The molecule has 1 N–H and O–H groups in total. The third-order valence-corrected chi connectivity index (χ3v) is 3.90. The van der Waals surface area contributed by atoms with E-state index in [1.807, 2.05) is 13.8 Å². The second-order valence-corrected chi connectivity index (χ2v) is 6.53. The highest BCUT2D eigenvalue weighted by molar-refractivity contribution is 6.33. The summed E-state index contributed by atoms with van der Waals surface area (Å²) < 4.78 is 11.6. The van der Waals surface area contributed by atoms with E-state index >= 15 is 0 Å². The number of amides is 1. The van der Waals surface area contributed by atoms with Crippen molar-refractivity contribution >= 4 is 35.1 Å². The lowest BCUT2D eigenvalue weighted by Crippen LogP contribution is -2.21. The number of imidazole rings is 1. The molecule has 12 heteroatoms. The van der Waals surface area contributed by atoms with Gasteiger partial charge in [-0.1, -0.05) is 11.6 Å². The molecule has 11 nitrogen and oxygen atoms in total. The fourth-order valence-corrected chi connectivity index (χ4v) is 2.51. The lowest BCUT2D eigenvalue weighted by atomic mass is 10.2. The van der Waals surface area contributed by atoms with Gasteiger partial charge in [0, 0.05) is 5.92 Å². The van der Waals surface area contributed by atoms with Crippen LogP contribution in [0.1, 0.15) is 13.8 Å². The Bertz CT molecular complexity index is 771. The summed E-state index contributed by atoms with van der Waals surface area (Å²) in [5, 5.41) is 2.46. The molecule has 27 heavy (non-hydrogen) atoms. The topological polar surface area (TPSA) is 119 Å². The highest BCUT2D eigenvalue weighted by Gasteiger charge is 2.23. The van der Waals surface area contributed by atoms with E-state index in [-0.39, 0.29) is 22.8 Å². The van der Waals surface area contributed by atoms with Gasteiger partial charge in [-0.3, -0.25) is 10.1 Å². The number of nitrogens with zero attached hydrogens (tertiary/aromatic N) is 4. The summed E-state index contributed by atoms with van der Waals surface area (Å²) in [5.74, 6) is -0.0901. The summed E-state index contributed by atoms with van der Waals surface area (Å²) in [5.41, 5.74) is 0.760. The number of hydrogen-bond acceptors (Lipinski definition) is 9. The Hall–Kier alpha value is -2.05. The van der Waals surface area contributed by atoms with Crippen LogP contribution < -0.4 is 10.2 Å². The standard InChI is InChI=1S/C10H10ClN5O4.C5H10O2/c11-8-7-9(15-10(14-8)13-5-17)16(4-12-7)18-1-6-2-19-20-3-6;1-5(2)6-3-4-7-5/h4-6H,1-3H2,(H,13,14,15,17);3-4H2,1-2H3. The first-order valence-electron chi connectivity index (χ1n) is 8.25. The van der Waals surface area contributed by atoms with Crippen LogP contribution in [0.3, 0.4) is 0 Å². The second-order valence-electron chi connectivity index (χ2n) is 6.17. The van der Waals surface area contributed by atoms with Gasteiger partial charge in [-0.05, 0) is 13.8 Å². The normalized spacial score (nSPS) is 18.9. The maximum Gasteiger partial charge on any atom is 0.232 e. The molecule has 0 spiro atoms. The van der Waals surface area contributed by atoms with Crippen LogP contribution in [-0.2, 0) is 24.0 Å². The Morgan fingerprint density at radius 1 is 1.33 bits per heavy atom. The van der Waals surface area contributed by atoms with E-state index in [0.717, 1.165) is 13.2 Å². The third-order valence-electron chi connectivity index (χ3n) is 3.63. The number of halogens is 1. The van der Waals surface area contributed by atoms with Crippen molar-refractivity contribution in [2.24, 2.45) is 5.92 Å². The van der Waals surface area contributed by atoms with Crippen molar-refractivity contribution in [3.8, 4) is 0 Å². The van der Waals surface area contributed by atoms with Crippen molar-refractivity contribution in [2.45, 2.75) is 19.6 Å². The summed E-state index contributed by atoms with van der Waals surface area (Å²) in [4.78, 5) is 37.6. The van der Waals surface area contributed by atoms with E-state index in [9.17, 15) is 4.79 Å². The smallest absolute Gasteiger partial charge is 0.232 e. The van der Waals surface area contributed by atoms with Crippen molar-refractivity contribution in [2.75, 3.05) is 38.4 Å². The molecule has 0 bridgehead atoms. The molecule has 0 aromatic carbocycles. The molecule has 148 valence electrons. The molecular weight excluding hydrogens is 382 g/mol. The molecule has 2 saturated heterocycles. The molecule has 0 radical (unpaired) electrons. The fourth-order valence-electron chi connectivity index (χ4n) is 2.29. The number of nitrogens with one attached hydrogen (secondary N) is 1. The van der Waals surface area contributed by atoms with E-state index in [4.69, 9.17) is 35.7 Å². The quantitative estimate of drug-likeness (QED) is 0.441. The Morgan fingerprint density at radius 2 is 2.04 bits per heavy atom. The van der Waals surface area contributed by atoms with E-state index in [0.29, 0.717) is 37.4 Å².